The van der Waals surface area contributed by atoms with Crippen LogP contribution in [0.15, 0.2) is 30.6 Å². The first-order chi connectivity index (χ1) is 9.78. The predicted molar refractivity (Wildman–Crippen MR) is 80.1 cm³/mol. The van der Waals surface area contributed by atoms with E-state index in [0.717, 1.165) is 18.5 Å². The Morgan fingerprint density at radius 3 is 2.45 bits per heavy atom. The van der Waals surface area contributed by atoms with Crippen LogP contribution < -0.4 is 21.3 Å². The zero-order chi connectivity index (χ0) is 14.4. The number of nitrogens with zero attached hydrogens (tertiary/aromatic N) is 2. The monoisotopic (exact) mass is 273 g/mol. The largest absolute Gasteiger partial charge is 0.490 e. The Balaban J connectivity index is 2.21. The van der Waals surface area contributed by atoms with E-state index in [1.54, 1.807) is 7.11 Å². The van der Waals surface area contributed by atoms with Gasteiger partial charge in [0, 0.05) is 5.69 Å². The first-order valence-corrected chi connectivity index (χ1v) is 6.50. The summed E-state index contributed by atoms with van der Waals surface area (Å²) in [5, 5.41) is 3.20. The highest BCUT2D eigenvalue weighted by Crippen LogP contribution is 2.30. The maximum absolute atomic E-state index is 5.39. The van der Waals surface area contributed by atoms with Gasteiger partial charge >= 0.3 is 0 Å². The van der Waals surface area contributed by atoms with E-state index in [4.69, 9.17) is 10.6 Å². The molecule has 0 aliphatic heterocycles. The Bertz CT molecular complexity index is 556. The Kier molecular flexibility index (Phi) is 4.73. The van der Waals surface area contributed by atoms with Gasteiger partial charge in [-0.2, -0.15) is 0 Å². The number of hydrogen-bond donors (Lipinski definition) is 3. The fourth-order valence-electron chi connectivity index (χ4n) is 1.94. The Morgan fingerprint density at radius 1 is 1.15 bits per heavy atom. The molecule has 0 amide bonds. The van der Waals surface area contributed by atoms with Crippen molar-refractivity contribution in [2.24, 2.45) is 5.84 Å². The molecule has 1 aromatic heterocycles. The smallest absolute Gasteiger partial charge is 0.205 e. The van der Waals surface area contributed by atoms with Crippen molar-refractivity contribution in [3.05, 3.63) is 36.2 Å². The molecule has 2 rings (SSSR count). The quantitative estimate of drug-likeness (QED) is 0.554. The lowest BCUT2D eigenvalue weighted by Crippen LogP contribution is -2.11. The predicted octanol–water partition coefficient (Wildman–Crippen LogP) is 2.47. The number of aromatic nitrogens is 2. The molecule has 0 atom stereocenters. The van der Waals surface area contributed by atoms with Gasteiger partial charge in [-0.05, 0) is 24.1 Å². The number of hydrazine groups is 1. The van der Waals surface area contributed by atoms with Gasteiger partial charge in [0.1, 0.15) is 6.33 Å². The molecule has 0 radical (unpaired) electrons. The number of nitrogens with two attached hydrogens (primary N) is 1. The van der Waals surface area contributed by atoms with E-state index in [-0.39, 0.29) is 0 Å². The molecule has 4 N–H and O–H groups in total. The zero-order valence-electron chi connectivity index (χ0n) is 11.7. The Morgan fingerprint density at radius 2 is 1.85 bits per heavy atom. The van der Waals surface area contributed by atoms with Crippen molar-refractivity contribution in [3.63, 3.8) is 0 Å². The third kappa shape index (κ3) is 3.16. The van der Waals surface area contributed by atoms with E-state index >= 15 is 0 Å². The fraction of sp³-hybridized carbons (Fsp3) is 0.286. The molecule has 0 unspecified atom stereocenters. The maximum atomic E-state index is 5.39. The SMILES string of the molecule is CCCc1ccc(Nc2ncnc(NN)c2OC)cc1. The van der Waals surface area contributed by atoms with Crippen molar-refractivity contribution in [3.8, 4) is 5.75 Å². The highest BCUT2D eigenvalue weighted by atomic mass is 16.5. The first-order valence-electron chi connectivity index (χ1n) is 6.50. The molecular weight excluding hydrogens is 254 g/mol. The van der Waals surface area contributed by atoms with Gasteiger partial charge < -0.3 is 15.5 Å². The van der Waals surface area contributed by atoms with Crippen LogP contribution in [-0.4, -0.2) is 17.1 Å². The molecule has 6 heteroatoms. The number of anilines is 3. The molecule has 106 valence electrons. The van der Waals surface area contributed by atoms with E-state index in [1.165, 1.54) is 11.9 Å². The molecule has 6 nitrogen and oxygen atoms in total. The highest BCUT2D eigenvalue weighted by molar-refractivity contribution is 5.69. The normalized spacial score (nSPS) is 10.2. The van der Waals surface area contributed by atoms with Gasteiger partial charge in [-0.1, -0.05) is 25.5 Å². The number of nitrogen functional groups attached to an aromatic ring is 1. The molecule has 0 fully saturated rings. The van der Waals surface area contributed by atoms with Crippen LogP contribution in [0.3, 0.4) is 0 Å². The molecule has 1 aromatic carbocycles. The summed E-state index contributed by atoms with van der Waals surface area (Å²) in [5.74, 6) is 6.88. The molecule has 2 aromatic rings. The molecule has 0 aliphatic carbocycles. The van der Waals surface area contributed by atoms with Crippen molar-refractivity contribution < 1.29 is 4.74 Å². The van der Waals surface area contributed by atoms with Gasteiger partial charge in [-0.25, -0.2) is 15.8 Å². The van der Waals surface area contributed by atoms with Gasteiger partial charge in [0.05, 0.1) is 7.11 Å². The lowest BCUT2D eigenvalue weighted by molar-refractivity contribution is 0.415. The van der Waals surface area contributed by atoms with Crippen molar-refractivity contribution >= 4 is 17.3 Å². The molecule has 20 heavy (non-hydrogen) atoms. The van der Waals surface area contributed by atoms with E-state index in [9.17, 15) is 0 Å². The standard InChI is InChI=1S/C14H19N5O/c1-3-4-10-5-7-11(8-6-10)18-13-12(20-2)14(19-15)17-9-16-13/h5-9H,3-4,15H2,1-2H3,(H2,16,17,18,19). The van der Waals surface area contributed by atoms with Gasteiger partial charge in [0.2, 0.25) is 5.75 Å². The van der Waals surface area contributed by atoms with Gasteiger partial charge in [0.15, 0.2) is 11.6 Å². The summed E-state index contributed by atoms with van der Waals surface area (Å²) < 4.78 is 5.27. The molecule has 0 spiro atoms. The van der Waals surface area contributed by atoms with Crippen LogP contribution in [0, 0.1) is 0 Å². The van der Waals surface area contributed by atoms with Crippen LogP contribution in [0.5, 0.6) is 5.75 Å². The fourth-order valence-corrected chi connectivity index (χ4v) is 1.94. The van der Waals surface area contributed by atoms with Crippen LogP contribution in [-0.2, 0) is 6.42 Å². The van der Waals surface area contributed by atoms with Crippen LogP contribution >= 0.6 is 0 Å². The van der Waals surface area contributed by atoms with Crippen LogP contribution in [0.2, 0.25) is 0 Å². The van der Waals surface area contributed by atoms with Crippen molar-refractivity contribution in [2.75, 3.05) is 17.9 Å². The van der Waals surface area contributed by atoms with Gasteiger partial charge in [-0.3, -0.25) is 0 Å². The Labute approximate surface area is 118 Å². The summed E-state index contributed by atoms with van der Waals surface area (Å²) in [6, 6.07) is 8.23. The first kappa shape index (κ1) is 14.1. The molecule has 0 saturated carbocycles. The van der Waals surface area contributed by atoms with Gasteiger partial charge in [0.25, 0.3) is 0 Å². The maximum Gasteiger partial charge on any atom is 0.205 e. The minimum Gasteiger partial charge on any atom is -0.490 e. The van der Waals surface area contributed by atoms with Crippen LogP contribution in [0.4, 0.5) is 17.3 Å². The summed E-state index contributed by atoms with van der Waals surface area (Å²) in [7, 11) is 1.55. The number of methoxy groups -OCH3 is 1. The third-order valence-electron chi connectivity index (χ3n) is 2.90. The highest BCUT2D eigenvalue weighted by Gasteiger charge is 2.11. The average molecular weight is 273 g/mol. The lowest BCUT2D eigenvalue weighted by Gasteiger charge is -2.12. The van der Waals surface area contributed by atoms with E-state index in [1.807, 2.05) is 12.1 Å². The summed E-state index contributed by atoms with van der Waals surface area (Å²) in [5.41, 5.74) is 4.73. The summed E-state index contributed by atoms with van der Waals surface area (Å²) in [6.45, 7) is 2.17. The number of nitrogens with one attached hydrogen (secondary N) is 2. The summed E-state index contributed by atoms with van der Waals surface area (Å²) >= 11 is 0. The van der Waals surface area contributed by atoms with Crippen molar-refractivity contribution in [1.29, 1.82) is 0 Å². The van der Waals surface area contributed by atoms with Crippen molar-refractivity contribution in [2.45, 2.75) is 19.8 Å². The minimum atomic E-state index is 0.438. The topological polar surface area (TPSA) is 85.1 Å². The number of rotatable bonds is 6. The van der Waals surface area contributed by atoms with E-state index in [0.29, 0.717) is 17.4 Å². The minimum absolute atomic E-state index is 0.438. The number of benzene rings is 1. The summed E-state index contributed by atoms with van der Waals surface area (Å²) in [6.07, 6.45) is 3.64. The number of ether oxygens (including phenoxy) is 1. The van der Waals surface area contributed by atoms with E-state index < -0.39 is 0 Å². The number of aryl methyl sites for hydroxylation is 1. The second-order valence-electron chi connectivity index (χ2n) is 4.32. The average Bonchev–Trinajstić information content (AvgIpc) is 2.49. The lowest BCUT2D eigenvalue weighted by atomic mass is 10.1. The van der Waals surface area contributed by atoms with Crippen LogP contribution in [0.25, 0.3) is 0 Å². The second-order valence-corrected chi connectivity index (χ2v) is 4.32. The molecule has 0 saturated heterocycles. The van der Waals surface area contributed by atoms with Crippen LogP contribution in [0.1, 0.15) is 18.9 Å². The zero-order valence-corrected chi connectivity index (χ0v) is 11.7. The Hall–Kier alpha value is -2.34. The van der Waals surface area contributed by atoms with Gasteiger partial charge in [-0.15, -0.1) is 0 Å². The number of hydrogen-bond acceptors (Lipinski definition) is 6. The molecule has 0 aliphatic rings. The van der Waals surface area contributed by atoms with Crippen molar-refractivity contribution in [1.82, 2.24) is 9.97 Å². The molecular formula is C14H19N5O. The second kappa shape index (κ2) is 6.72. The van der Waals surface area contributed by atoms with E-state index in [2.05, 4.69) is 39.8 Å². The molecule has 1 heterocycles. The third-order valence-corrected chi connectivity index (χ3v) is 2.90. The molecule has 0 bridgehead atoms. The summed E-state index contributed by atoms with van der Waals surface area (Å²) in [4.78, 5) is 8.17.